The molecule has 0 amide bonds. The Balaban J connectivity index is 2.38. The van der Waals surface area contributed by atoms with Crippen LogP contribution in [0.1, 0.15) is 5.56 Å². The van der Waals surface area contributed by atoms with E-state index in [0.717, 1.165) is 13.2 Å². The maximum atomic E-state index is 13.0. The summed E-state index contributed by atoms with van der Waals surface area (Å²) in [6, 6.07) is 8.65. The van der Waals surface area contributed by atoms with E-state index >= 15 is 0 Å². The Labute approximate surface area is 139 Å². The highest BCUT2D eigenvalue weighted by atomic mass is 79.9. The zero-order valence-corrected chi connectivity index (χ0v) is 14.1. The van der Waals surface area contributed by atoms with E-state index in [9.17, 15) is 21.6 Å². The minimum Gasteiger partial charge on any atom is -0.496 e. The van der Waals surface area contributed by atoms with E-state index in [-0.39, 0.29) is 16.3 Å². The predicted octanol–water partition coefficient (Wildman–Crippen LogP) is 4.28. The minimum atomic E-state index is -4.66. The van der Waals surface area contributed by atoms with Crippen LogP contribution >= 0.6 is 15.9 Å². The van der Waals surface area contributed by atoms with Crippen LogP contribution in [-0.2, 0) is 16.2 Å². The molecule has 0 fully saturated rings. The van der Waals surface area contributed by atoms with Crippen molar-refractivity contribution in [2.75, 3.05) is 11.8 Å². The molecule has 0 aliphatic carbocycles. The van der Waals surface area contributed by atoms with Crippen LogP contribution in [0.25, 0.3) is 0 Å². The van der Waals surface area contributed by atoms with Crippen LogP contribution in [0.4, 0.5) is 18.9 Å². The van der Waals surface area contributed by atoms with E-state index in [1.807, 2.05) is 0 Å². The lowest BCUT2D eigenvalue weighted by Gasteiger charge is -2.14. The first-order chi connectivity index (χ1) is 10.6. The summed E-state index contributed by atoms with van der Waals surface area (Å²) in [4.78, 5) is -0.0647. The van der Waals surface area contributed by atoms with Crippen LogP contribution in [0.2, 0.25) is 0 Å². The maximum absolute atomic E-state index is 13.0. The van der Waals surface area contributed by atoms with Gasteiger partial charge >= 0.3 is 6.18 Å². The number of ether oxygens (including phenoxy) is 1. The summed E-state index contributed by atoms with van der Waals surface area (Å²) in [5, 5.41) is 0. The fourth-order valence-corrected chi connectivity index (χ4v) is 3.13. The summed E-state index contributed by atoms with van der Waals surface area (Å²) in [6.45, 7) is 0. The van der Waals surface area contributed by atoms with Gasteiger partial charge in [0.25, 0.3) is 10.0 Å². The molecule has 0 spiro atoms. The summed E-state index contributed by atoms with van der Waals surface area (Å²) in [6.07, 6.45) is -4.66. The Morgan fingerprint density at radius 3 is 2.22 bits per heavy atom. The molecule has 0 aliphatic heterocycles. The van der Waals surface area contributed by atoms with Crippen molar-refractivity contribution >= 4 is 31.6 Å². The molecule has 0 atom stereocenters. The number of rotatable bonds is 4. The molecule has 4 nitrogen and oxygen atoms in total. The molecule has 1 N–H and O–H groups in total. The van der Waals surface area contributed by atoms with Gasteiger partial charge in [-0.15, -0.1) is 0 Å². The predicted molar refractivity (Wildman–Crippen MR) is 82.9 cm³/mol. The molecule has 0 aliphatic rings. The van der Waals surface area contributed by atoms with Crippen LogP contribution in [-0.4, -0.2) is 15.5 Å². The monoisotopic (exact) mass is 409 g/mol. The zero-order chi connectivity index (χ0) is 17.3. The summed E-state index contributed by atoms with van der Waals surface area (Å²) < 4.78 is 70.7. The Hall–Kier alpha value is -1.74. The maximum Gasteiger partial charge on any atom is 0.420 e. The standard InChI is InChI=1S/C14H11BrF3NO3S/c1-22-13-7-4-10(8-12(13)14(16,17)18)19-23(20,21)11-5-2-9(15)3-6-11/h2-8,19H,1H3. The van der Waals surface area contributed by atoms with Crippen LogP contribution in [0, 0.1) is 0 Å². The molecule has 0 saturated carbocycles. The van der Waals surface area contributed by atoms with Gasteiger partial charge in [-0.1, -0.05) is 15.9 Å². The summed E-state index contributed by atoms with van der Waals surface area (Å²) in [5.74, 6) is -0.385. The molecule has 0 bridgehead atoms. The van der Waals surface area contributed by atoms with Crippen molar-refractivity contribution < 1.29 is 26.3 Å². The third kappa shape index (κ3) is 4.17. The lowest BCUT2D eigenvalue weighted by atomic mass is 10.1. The average Bonchev–Trinajstić information content (AvgIpc) is 2.46. The van der Waals surface area contributed by atoms with Crippen molar-refractivity contribution in [1.82, 2.24) is 0 Å². The molecule has 2 aromatic carbocycles. The number of halogens is 4. The zero-order valence-electron chi connectivity index (χ0n) is 11.7. The van der Waals surface area contributed by atoms with E-state index in [1.165, 1.54) is 30.3 Å². The lowest BCUT2D eigenvalue weighted by molar-refractivity contribution is -0.138. The van der Waals surface area contributed by atoms with E-state index in [2.05, 4.69) is 25.4 Å². The van der Waals surface area contributed by atoms with Gasteiger partial charge in [0.05, 0.1) is 17.6 Å². The largest absolute Gasteiger partial charge is 0.496 e. The second-order valence-electron chi connectivity index (χ2n) is 4.47. The molecule has 9 heteroatoms. The molecule has 2 aromatic rings. The Bertz CT molecular complexity index is 805. The molecule has 23 heavy (non-hydrogen) atoms. The highest BCUT2D eigenvalue weighted by Crippen LogP contribution is 2.38. The Morgan fingerprint density at radius 2 is 1.70 bits per heavy atom. The van der Waals surface area contributed by atoms with E-state index < -0.39 is 21.8 Å². The SMILES string of the molecule is COc1ccc(NS(=O)(=O)c2ccc(Br)cc2)cc1C(F)(F)F. The number of anilines is 1. The molecule has 0 unspecified atom stereocenters. The van der Waals surface area contributed by atoms with E-state index in [1.54, 1.807) is 0 Å². The quantitative estimate of drug-likeness (QED) is 0.819. The molecule has 0 saturated heterocycles. The number of nitrogens with one attached hydrogen (secondary N) is 1. The van der Waals surface area contributed by atoms with Crippen LogP contribution in [0.5, 0.6) is 5.75 Å². The average molecular weight is 410 g/mol. The van der Waals surface area contributed by atoms with Gasteiger partial charge in [-0.3, -0.25) is 4.72 Å². The molecule has 0 radical (unpaired) electrons. The molecule has 0 aromatic heterocycles. The Kier molecular flexibility index (Phi) is 4.90. The van der Waals surface area contributed by atoms with Gasteiger partial charge in [-0.05, 0) is 42.5 Å². The fourth-order valence-electron chi connectivity index (χ4n) is 1.82. The van der Waals surface area contributed by atoms with E-state index in [4.69, 9.17) is 0 Å². The first-order valence-corrected chi connectivity index (χ1v) is 8.45. The lowest BCUT2D eigenvalue weighted by Crippen LogP contribution is -2.14. The first-order valence-electron chi connectivity index (χ1n) is 6.17. The second kappa shape index (κ2) is 6.40. The number of hydrogen-bond donors (Lipinski definition) is 1. The van der Waals surface area contributed by atoms with Gasteiger partial charge in [-0.25, -0.2) is 8.42 Å². The normalized spacial score (nSPS) is 12.0. The summed E-state index contributed by atoms with van der Waals surface area (Å²) in [7, 11) is -2.88. The highest BCUT2D eigenvalue weighted by molar-refractivity contribution is 9.10. The fraction of sp³-hybridized carbons (Fsp3) is 0.143. The van der Waals surface area contributed by atoms with Gasteiger partial charge in [0.2, 0.25) is 0 Å². The highest BCUT2D eigenvalue weighted by Gasteiger charge is 2.34. The van der Waals surface area contributed by atoms with Gasteiger partial charge < -0.3 is 4.74 Å². The number of hydrogen-bond acceptors (Lipinski definition) is 3. The van der Waals surface area contributed by atoms with Crippen molar-refractivity contribution in [3.05, 3.63) is 52.5 Å². The van der Waals surface area contributed by atoms with Gasteiger partial charge in [-0.2, -0.15) is 13.2 Å². The van der Waals surface area contributed by atoms with Crippen molar-refractivity contribution in [1.29, 1.82) is 0 Å². The Morgan fingerprint density at radius 1 is 1.09 bits per heavy atom. The van der Waals surface area contributed by atoms with Gasteiger partial charge in [0.1, 0.15) is 5.75 Å². The van der Waals surface area contributed by atoms with E-state index in [0.29, 0.717) is 10.5 Å². The number of methoxy groups -OCH3 is 1. The minimum absolute atomic E-state index is 0.0647. The smallest absolute Gasteiger partial charge is 0.420 e. The molecule has 124 valence electrons. The van der Waals surface area contributed by atoms with Crippen molar-refractivity contribution in [3.63, 3.8) is 0 Å². The second-order valence-corrected chi connectivity index (χ2v) is 7.07. The summed E-state index contributed by atoms with van der Waals surface area (Å²) >= 11 is 3.17. The van der Waals surface area contributed by atoms with Gasteiger partial charge in [0, 0.05) is 10.2 Å². The number of benzene rings is 2. The van der Waals surface area contributed by atoms with Crippen LogP contribution in [0.3, 0.4) is 0 Å². The third-order valence-corrected chi connectivity index (χ3v) is 4.81. The van der Waals surface area contributed by atoms with Crippen molar-refractivity contribution in [2.24, 2.45) is 0 Å². The first kappa shape index (κ1) is 17.6. The van der Waals surface area contributed by atoms with Crippen LogP contribution in [0.15, 0.2) is 51.8 Å². The van der Waals surface area contributed by atoms with Gasteiger partial charge in [0.15, 0.2) is 0 Å². The van der Waals surface area contributed by atoms with Crippen molar-refractivity contribution in [2.45, 2.75) is 11.1 Å². The molecular formula is C14H11BrF3NO3S. The topological polar surface area (TPSA) is 55.4 Å². The molecule has 0 heterocycles. The number of sulfonamides is 1. The molecule has 2 rings (SSSR count). The summed E-state index contributed by atoms with van der Waals surface area (Å²) in [5.41, 5.74) is -1.27. The number of alkyl halides is 3. The van der Waals surface area contributed by atoms with Crippen molar-refractivity contribution in [3.8, 4) is 5.75 Å². The third-order valence-electron chi connectivity index (χ3n) is 2.88. The van der Waals surface area contributed by atoms with Crippen LogP contribution < -0.4 is 9.46 Å². The molecular weight excluding hydrogens is 399 g/mol.